The van der Waals surface area contributed by atoms with Gasteiger partial charge in [0.05, 0.1) is 0 Å². The molecule has 1 fully saturated rings. The third-order valence-electron chi connectivity index (χ3n) is 4.01. The van der Waals surface area contributed by atoms with Gasteiger partial charge in [-0.1, -0.05) is 50.6 Å². The zero-order chi connectivity index (χ0) is 13.0. The number of hydrogen-bond acceptors (Lipinski definition) is 1. The molecular weight excluding hydrogens is 222 g/mol. The molecule has 18 heavy (non-hydrogen) atoms. The fourth-order valence-electron chi connectivity index (χ4n) is 2.50. The van der Waals surface area contributed by atoms with Crippen LogP contribution in [-0.4, -0.2) is 12.5 Å². The number of rotatable bonds is 6. The van der Waals surface area contributed by atoms with Crippen molar-refractivity contribution in [3.8, 4) is 0 Å². The van der Waals surface area contributed by atoms with Gasteiger partial charge in [-0.3, -0.25) is 4.79 Å². The third-order valence-corrected chi connectivity index (χ3v) is 4.01. The normalized spacial score (nSPS) is 18.1. The van der Waals surface area contributed by atoms with Crippen LogP contribution in [-0.2, 0) is 10.2 Å². The summed E-state index contributed by atoms with van der Waals surface area (Å²) in [5.41, 5.74) is 1.59. The second kappa shape index (κ2) is 5.55. The molecule has 0 spiro atoms. The Kier molecular flexibility index (Phi) is 4.05. The average Bonchev–Trinajstić information content (AvgIpc) is 3.18. The summed E-state index contributed by atoms with van der Waals surface area (Å²) in [6.45, 7) is 4.93. The Labute approximate surface area is 110 Å². The van der Waals surface area contributed by atoms with E-state index in [0.29, 0.717) is 0 Å². The monoisotopic (exact) mass is 245 g/mol. The molecule has 2 rings (SSSR count). The second-order valence-electron chi connectivity index (χ2n) is 5.55. The van der Waals surface area contributed by atoms with Crippen molar-refractivity contribution < 1.29 is 4.79 Å². The number of hydrogen-bond donors (Lipinski definition) is 1. The van der Waals surface area contributed by atoms with Crippen LogP contribution < -0.4 is 5.32 Å². The Morgan fingerprint density at radius 3 is 2.56 bits per heavy atom. The van der Waals surface area contributed by atoms with Crippen LogP contribution in [0.4, 0.5) is 0 Å². The lowest BCUT2D eigenvalue weighted by Gasteiger charge is -2.18. The lowest BCUT2D eigenvalue weighted by molar-refractivity contribution is -0.124. The Balaban J connectivity index is 1.89. The zero-order valence-electron chi connectivity index (χ0n) is 11.4. The van der Waals surface area contributed by atoms with Gasteiger partial charge < -0.3 is 5.32 Å². The van der Waals surface area contributed by atoms with Crippen molar-refractivity contribution in [1.29, 1.82) is 0 Å². The van der Waals surface area contributed by atoms with E-state index in [0.717, 1.165) is 19.4 Å². The molecule has 1 atom stereocenters. The predicted molar refractivity (Wildman–Crippen MR) is 74.4 cm³/mol. The molecule has 0 bridgehead atoms. The molecule has 1 amide bonds. The molecule has 1 unspecified atom stereocenters. The molecule has 0 saturated heterocycles. The molecule has 2 nitrogen and oxygen atoms in total. The van der Waals surface area contributed by atoms with Gasteiger partial charge in [0, 0.05) is 17.9 Å². The number of amides is 1. The van der Waals surface area contributed by atoms with Crippen molar-refractivity contribution >= 4 is 5.91 Å². The van der Waals surface area contributed by atoms with E-state index < -0.39 is 0 Å². The fraction of sp³-hybridized carbons (Fsp3) is 0.562. The molecule has 0 aromatic heterocycles. The summed E-state index contributed by atoms with van der Waals surface area (Å²) < 4.78 is 0. The van der Waals surface area contributed by atoms with E-state index in [1.54, 1.807) is 0 Å². The first kappa shape index (κ1) is 13.1. The van der Waals surface area contributed by atoms with Crippen LogP contribution in [0.15, 0.2) is 30.3 Å². The summed E-state index contributed by atoms with van der Waals surface area (Å²) in [6.07, 6.45) is 4.43. The second-order valence-corrected chi connectivity index (χ2v) is 5.55. The van der Waals surface area contributed by atoms with Gasteiger partial charge in [0.1, 0.15) is 0 Å². The van der Waals surface area contributed by atoms with E-state index >= 15 is 0 Å². The van der Waals surface area contributed by atoms with Crippen molar-refractivity contribution in [2.45, 2.75) is 44.9 Å². The van der Waals surface area contributed by atoms with Crippen LogP contribution in [0.3, 0.4) is 0 Å². The maximum atomic E-state index is 11.9. The van der Waals surface area contributed by atoms with E-state index in [9.17, 15) is 4.79 Å². The van der Waals surface area contributed by atoms with Gasteiger partial charge in [0.2, 0.25) is 5.91 Å². The first-order valence-electron chi connectivity index (χ1n) is 7.01. The van der Waals surface area contributed by atoms with Crippen LogP contribution >= 0.6 is 0 Å². The molecule has 1 aliphatic carbocycles. The van der Waals surface area contributed by atoms with Crippen molar-refractivity contribution in [3.63, 3.8) is 0 Å². The first-order chi connectivity index (χ1) is 8.68. The minimum absolute atomic E-state index is 0.140. The first-order valence-corrected chi connectivity index (χ1v) is 7.01. The minimum Gasteiger partial charge on any atom is -0.355 e. The van der Waals surface area contributed by atoms with Gasteiger partial charge in [0.25, 0.3) is 0 Å². The maximum Gasteiger partial charge on any atom is 0.222 e. The van der Waals surface area contributed by atoms with Crippen LogP contribution in [0.1, 0.15) is 45.1 Å². The molecule has 0 heterocycles. The van der Waals surface area contributed by atoms with Gasteiger partial charge in [0.15, 0.2) is 0 Å². The summed E-state index contributed by atoms with van der Waals surface area (Å²) in [5.74, 6) is 0.348. The van der Waals surface area contributed by atoms with E-state index in [4.69, 9.17) is 0 Å². The quantitative estimate of drug-likeness (QED) is 0.819. The summed E-state index contributed by atoms with van der Waals surface area (Å²) in [4.78, 5) is 11.9. The molecular formula is C16H23NO. The minimum atomic E-state index is 0.140. The highest BCUT2D eigenvalue weighted by Gasteiger charge is 2.44. The van der Waals surface area contributed by atoms with E-state index in [-0.39, 0.29) is 17.2 Å². The number of carbonyl (C=O) groups is 1. The zero-order valence-corrected chi connectivity index (χ0v) is 11.4. The molecule has 0 aliphatic heterocycles. The number of carbonyl (C=O) groups excluding carboxylic acids is 1. The molecule has 0 radical (unpaired) electrons. The van der Waals surface area contributed by atoms with Gasteiger partial charge in [-0.15, -0.1) is 0 Å². The molecule has 98 valence electrons. The SMILES string of the molecule is CCCC(C)C(=O)NCC1(c2ccccc2)CC1. The maximum absolute atomic E-state index is 11.9. The van der Waals surface area contributed by atoms with E-state index in [1.165, 1.54) is 18.4 Å². The Morgan fingerprint density at radius 2 is 2.00 bits per heavy atom. The summed E-state index contributed by atoms with van der Waals surface area (Å²) in [5, 5.41) is 3.13. The highest BCUT2D eigenvalue weighted by atomic mass is 16.1. The van der Waals surface area contributed by atoms with Gasteiger partial charge in [-0.05, 0) is 24.8 Å². The van der Waals surface area contributed by atoms with Crippen LogP contribution in [0.2, 0.25) is 0 Å². The van der Waals surface area contributed by atoms with Gasteiger partial charge >= 0.3 is 0 Å². The fourth-order valence-corrected chi connectivity index (χ4v) is 2.50. The Bertz CT molecular complexity index is 395. The standard InChI is InChI=1S/C16H23NO/c1-3-7-13(2)15(18)17-12-16(10-11-16)14-8-5-4-6-9-14/h4-6,8-9,13H,3,7,10-12H2,1-2H3,(H,17,18). The van der Waals surface area contributed by atoms with E-state index in [2.05, 4.69) is 36.5 Å². The summed E-state index contributed by atoms with van der Waals surface area (Å²) in [7, 11) is 0. The average molecular weight is 245 g/mol. The smallest absolute Gasteiger partial charge is 0.222 e. The Hall–Kier alpha value is -1.31. The Morgan fingerprint density at radius 1 is 1.33 bits per heavy atom. The molecule has 1 aliphatic rings. The van der Waals surface area contributed by atoms with Crippen molar-refractivity contribution in [2.75, 3.05) is 6.54 Å². The van der Waals surface area contributed by atoms with Crippen molar-refractivity contribution in [1.82, 2.24) is 5.32 Å². The molecule has 2 heteroatoms. The molecule has 1 aromatic carbocycles. The summed E-state index contributed by atoms with van der Waals surface area (Å²) in [6, 6.07) is 10.6. The summed E-state index contributed by atoms with van der Waals surface area (Å²) >= 11 is 0. The predicted octanol–water partition coefficient (Wildman–Crippen LogP) is 3.27. The van der Waals surface area contributed by atoms with Crippen LogP contribution in [0.25, 0.3) is 0 Å². The highest BCUT2D eigenvalue weighted by molar-refractivity contribution is 5.78. The lowest BCUT2D eigenvalue weighted by Crippen LogP contribution is -2.35. The topological polar surface area (TPSA) is 29.1 Å². The van der Waals surface area contributed by atoms with Gasteiger partial charge in [-0.25, -0.2) is 0 Å². The van der Waals surface area contributed by atoms with Crippen molar-refractivity contribution in [3.05, 3.63) is 35.9 Å². The van der Waals surface area contributed by atoms with Crippen molar-refractivity contribution in [2.24, 2.45) is 5.92 Å². The largest absolute Gasteiger partial charge is 0.355 e. The van der Waals surface area contributed by atoms with Gasteiger partial charge in [-0.2, -0.15) is 0 Å². The third kappa shape index (κ3) is 2.92. The number of benzene rings is 1. The molecule has 1 N–H and O–H groups in total. The lowest BCUT2D eigenvalue weighted by atomic mass is 9.95. The number of nitrogens with one attached hydrogen (secondary N) is 1. The molecule has 1 saturated carbocycles. The van der Waals surface area contributed by atoms with E-state index in [1.807, 2.05) is 13.0 Å². The highest BCUT2D eigenvalue weighted by Crippen LogP contribution is 2.47. The molecule has 1 aromatic rings. The van der Waals surface area contributed by atoms with Crippen LogP contribution in [0, 0.1) is 5.92 Å². The van der Waals surface area contributed by atoms with Crippen LogP contribution in [0.5, 0.6) is 0 Å².